The van der Waals surface area contributed by atoms with Crippen molar-refractivity contribution < 1.29 is 9.68 Å². The topological polar surface area (TPSA) is 37.0 Å². The molecule has 0 spiro atoms. The van der Waals surface area contributed by atoms with E-state index in [1.54, 1.807) is 0 Å². The van der Waals surface area contributed by atoms with Crippen LogP contribution < -0.4 is 14.5 Å². The third kappa shape index (κ3) is 4.10. The maximum absolute atomic E-state index is 5.80. The highest BCUT2D eigenvalue weighted by molar-refractivity contribution is 7.64. The zero-order valence-electron chi connectivity index (χ0n) is 10.5. The molecule has 0 bridgehead atoms. The molecule has 1 aliphatic heterocycles. The van der Waals surface area contributed by atoms with Crippen LogP contribution in [0.4, 0.5) is 0 Å². The Balaban J connectivity index is 1.57. The van der Waals surface area contributed by atoms with Crippen LogP contribution in [0, 0.1) is 0 Å². The Morgan fingerprint density at radius 3 is 1.60 bits per heavy atom. The lowest BCUT2D eigenvalue weighted by atomic mass is 10.3. The van der Waals surface area contributed by atoms with E-state index in [-0.39, 0.29) is 0 Å². The van der Waals surface area contributed by atoms with Crippen LogP contribution in [0.15, 0.2) is 60.7 Å². The monoisotopic (exact) mass is 325 g/mol. The Morgan fingerprint density at radius 1 is 0.700 bits per heavy atom. The summed E-state index contributed by atoms with van der Waals surface area (Å²) in [6.45, 7) is 0. The predicted molar refractivity (Wildman–Crippen MR) is 85.9 cm³/mol. The van der Waals surface area contributed by atoms with Crippen molar-refractivity contribution in [1.29, 1.82) is 0 Å². The molecule has 0 saturated carbocycles. The molecule has 20 heavy (non-hydrogen) atoms. The average molecular weight is 325 g/mol. The highest BCUT2D eigenvalue weighted by Crippen LogP contribution is 2.47. The quantitative estimate of drug-likeness (QED) is 0.868. The van der Waals surface area contributed by atoms with E-state index < -0.39 is 0 Å². The fourth-order valence-electron chi connectivity index (χ4n) is 1.52. The minimum atomic E-state index is 0.319. The van der Waals surface area contributed by atoms with Crippen LogP contribution in [0.1, 0.15) is 0 Å². The van der Waals surface area contributed by atoms with Crippen LogP contribution in [0.25, 0.3) is 0 Å². The normalized spacial score (nSPS) is 20.4. The summed E-state index contributed by atoms with van der Waals surface area (Å²) in [6, 6.07) is 19.5. The van der Waals surface area contributed by atoms with E-state index in [9.17, 15) is 0 Å². The molecular weight excluding hydrogens is 311 g/mol. The second kappa shape index (κ2) is 7.28. The molecule has 2 aromatic carbocycles. The van der Waals surface area contributed by atoms with Crippen LogP contribution in [0.2, 0.25) is 0 Å². The van der Waals surface area contributed by atoms with Gasteiger partial charge in [0.25, 0.3) is 0 Å². The van der Waals surface area contributed by atoms with Crippen molar-refractivity contribution >= 4 is 26.6 Å². The fraction of sp³-hybridized carbons (Fsp3) is 0. The van der Waals surface area contributed by atoms with Crippen molar-refractivity contribution in [3.63, 3.8) is 0 Å². The van der Waals surface area contributed by atoms with E-state index >= 15 is 0 Å². The van der Waals surface area contributed by atoms with Gasteiger partial charge in [0.05, 0.1) is 17.8 Å². The smallest absolute Gasteiger partial charge is 0.148 e. The van der Waals surface area contributed by atoms with Gasteiger partial charge in [-0.25, -0.2) is 4.86 Å². The van der Waals surface area contributed by atoms with E-state index in [4.69, 9.17) is 9.68 Å². The van der Waals surface area contributed by atoms with Gasteiger partial charge in [-0.2, -0.15) is 0 Å². The fourth-order valence-corrected chi connectivity index (χ4v) is 5.54. The van der Waals surface area contributed by atoms with E-state index in [0.717, 1.165) is 11.5 Å². The Hall–Kier alpha value is -0.790. The second-order valence-corrected chi connectivity index (χ2v) is 8.01. The van der Waals surface area contributed by atoms with E-state index in [1.165, 1.54) is 0 Å². The first-order valence-electron chi connectivity index (χ1n) is 5.99. The van der Waals surface area contributed by atoms with Crippen LogP contribution >= 0.6 is 26.6 Å². The molecule has 1 saturated heterocycles. The van der Waals surface area contributed by atoms with Gasteiger partial charge in [-0.15, -0.1) is 0 Å². The summed E-state index contributed by atoms with van der Waals surface area (Å²) >= 11 is 0. The Morgan fingerprint density at radius 2 is 1.15 bits per heavy atom. The number of nitrogens with one attached hydrogen (secondary N) is 1. The molecule has 1 fully saturated rings. The SMILES string of the molecule is c1ccc(ON2PNPN(Oc3ccccc3)P2)cc1. The van der Waals surface area contributed by atoms with Crippen LogP contribution in [-0.4, -0.2) is 9.21 Å². The molecule has 0 aliphatic carbocycles. The summed E-state index contributed by atoms with van der Waals surface area (Å²) in [5.74, 6) is 1.67. The molecule has 2 atom stereocenters. The molecule has 1 heterocycles. The first-order valence-corrected chi connectivity index (χ1v) is 8.78. The third-order valence-electron chi connectivity index (χ3n) is 2.38. The van der Waals surface area contributed by atoms with Crippen molar-refractivity contribution in [3.8, 4) is 11.5 Å². The summed E-state index contributed by atoms with van der Waals surface area (Å²) in [5, 5.41) is 0. The molecule has 0 amide bonds. The lowest BCUT2D eigenvalue weighted by Crippen LogP contribution is -2.25. The van der Waals surface area contributed by atoms with Crippen molar-refractivity contribution in [2.45, 2.75) is 0 Å². The number of para-hydroxylation sites is 2. The zero-order valence-corrected chi connectivity index (χ0v) is 13.5. The highest BCUT2D eigenvalue weighted by Gasteiger charge is 2.21. The summed E-state index contributed by atoms with van der Waals surface area (Å²) < 4.78 is 3.74. The number of nitrogens with zero attached hydrogens (tertiary/aromatic N) is 2. The summed E-state index contributed by atoms with van der Waals surface area (Å²) in [4.78, 5) is 14.9. The molecule has 2 aromatic rings. The van der Waals surface area contributed by atoms with E-state index in [0.29, 0.717) is 26.6 Å². The van der Waals surface area contributed by atoms with Gasteiger partial charge < -0.3 is 9.68 Å². The Bertz CT molecular complexity index is 484. The Labute approximate surface area is 123 Å². The van der Waals surface area contributed by atoms with Gasteiger partial charge in [-0.1, -0.05) is 45.6 Å². The molecule has 1 aliphatic rings. The first-order chi connectivity index (χ1) is 9.90. The van der Waals surface area contributed by atoms with Crippen molar-refractivity contribution in [1.82, 2.24) is 14.1 Å². The Kier molecular flexibility index (Phi) is 5.16. The van der Waals surface area contributed by atoms with E-state index in [2.05, 4.69) is 4.86 Å². The number of benzene rings is 2. The average Bonchev–Trinajstić information content (AvgIpc) is 2.50. The molecule has 5 nitrogen and oxygen atoms in total. The summed E-state index contributed by atoms with van der Waals surface area (Å²) in [6.07, 6.45) is 0. The van der Waals surface area contributed by atoms with Gasteiger partial charge >= 0.3 is 0 Å². The standard InChI is InChI=1S/C12H14N3O2P3/c1-3-7-11(8-4-1)16-14-18-13-19-15(20-14)17-12-9-5-2-6-10-12/h1-10,13,18-20H. The molecule has 8 heteroatoms. The zero-order chi connectivity index (χ0) is 13.6. The molecule has 104 valence electrons. The van der Waals surface area contributed by atoms with Gasteiger partial charge in [-0.05, 0) is 24.3 Å². The van der Waals surface area contributed by atoms with Crippen molar-refractivity contribution in [3.05, 3.63) is 60.7 Å². The highest BCUT2D eigenvalue weighted by atomic mass is 31.2. The molecule has 3 rings (SSSR count). The van der Waals surface area contributed by atoms with Gasteiger partial charge in [-0.3, -0.25) is 0 Å². The largest absolute Gasteiger partial charge is 0.397 e. The maximum atomic E-state index is 5.80. The molecule has 2 unspecified atom stereocenters. The summed E-state index contributed by atoms with van der Waals surface area (Å²) in [7, 11) is 1.18. The number of hydrogen-bond acceptors (Lipinski definition) is 5. The lowest BCUT2D eigenvalue weighted by Gasteiger charge is -2.32. The van der Waals surface area contributed by atoms with Gasteiger partial charge in [0.1, 0.15) is 20.4 Å². The van der Waals surface area contributed by atoms with Crippen LogP contribution in [0.3, 0.4) is 0 Å². The molecule has 0 radical (unpaired) electrons. The molecular formula is C12H14N3O2P3. The van der Waals surface area contributed by atoms with Crippen molar-refractivity contribution in [2.24, 2.45) is 0 Å². The minimum absolute atomic E-state index is 0.319. The molecule has 1 N–H and O–H groups in total. The lowest BCUT2D eigenvalue weighted by molar-refractivity contribution is 0.0982. The van der Waals surface area contributed by atoms with Crippen LogP contribution in [0.5, 0.6) is 11.5 Å². The minimum Gasteiger partial charge on any atom is -0.397 e. The number of hydrogen-bond donors (Lipinski definition) is 1. The second-order valence-electron chi connectivity index (χ2n) is 3.85. The molecule has 0 aromatic heterocycles. The summed E-state index contributed by atoms with van der Waals surface area (Å²) in [5.41, 5.74) is 0. The third-order valence-corrected chi connectivity index (χ3v) is 5.68. The predicted octanol–water partition coefficient (Wildman–Crippen LogP) is 3.71. The van der Waals surface area contributed by atoms with Gasteiger partial charge in [0.15, 0.2) is 0 Å². The van der Waals surface area contributed by atoms with Gasteiger partial charge in [0.2, 0.25) is 0 Å². The van der Waals surface area contributed by atoms with Gasteiger partial charge in [0, 0.05) is 0 Å². The first kappa shape index (κ1) is 14.2. The maximum Gasteiger partial charge on any atom is 0.148 e. The van der Waals surface area contributed by atoms with Crippen molar-refractivity contribution in [2.75, 3.05) is 0 Å². The van der Waals surface area contributed by atoms with Crippen LogP contribution in [-0.2, 0) is 0 Å². The van der Waals surface area contributed by atoms with E-state index in [1.807, 2.05) is 69.9 Å². The number of rotatable bonds is 4.